The highest BCUT2D eigenvalue weighted by molar-refractivity contribution is 7.89. The first-order valence-electron chi connectivity index (χ1n) is 16.6. The van der Waals surface area contributed by atoms with Crippen molar-refractivity contribution in [3.8, 4) is 23.0 Å². The number of likely N-dealkylation sites (tertiary alicyclic amines) is 1. The van der Waals surface area contributed by atoms with Crippen LogP contribution in [0.2, 0.25) is 5.02 Å². The van der Waals surface area contributed by atoms with Crippen molar-refractivity contribution in [3.63, 3.8) is 0 Å². The number of aromatic nitrogens is 4. The van der Waals surface area contributed by atoms with E-state index in [-0.39, 0.29) is 42.6 Å². The molecule has 5 heterocycles. The second-order valence-electron chi connectivity index (χ2n) is 13.3. The van der Waals surface area contributed by atoms with Crippen LogP contribution < -0.4 is 15.2 Å². The van der Waals surface area contributed by atoms with Crippen LogP contribution in [0.4, 0.5) is 14.6 Å². The summed E-state index contributed by atoms with van der Waals surface area (Å²) in [5.74, 6) is 4.11. The van der Waals surface area contributed by atoms with E-state index in [0.29, 0.717) is 54.5 Å². The molecular formula is C36H34ClF2N7O4S2. The van der Waals surface area contributed by atoms with Crippen molar-refractivity contribution in [2.45, 2.75) is 57.2 Å². The highest BCUT2D eigenvalue weighted by Crippen LogP contribution is 2.41. The zero-order valence-electron chi connectivity index (χ0n) is 28.5. The molecule has 1 N–H and O–H groups in total. The van der Waals surface area contributed by atoms with Crippen molar-refractivity contribution < 1.29 is 22.0 Å². The number of nitrogens with zero attached hydrogens (tertiary/aromatic N) is 6. The van der Waals surface area contributed by atoms with E-state index in [1.54, 1.807) is 48.8 Å². The molecule has 52 heavy (non-hydrogen) atoms. The molecule has 0 spiro atoms. The number of piperidine rings is 1. The Bertz CT molecular complexity index is 2460. The number of aryl methyl sites for hydroxylation is 1. The average molecular weight is 766 g/mol. The van der Waals surface area contributed by atoms with Crippen LogP contribution >= 0.6 is 22.9 Å². The topological polar surface area (TPSA) is 130 Å². The van der Waals surface area contributed by atoms with E-state index in [1.807, 2.05) is 11.8 Å². The minimum absolute atomic E-state index is 0.0481. The number of nitrogens with one attached hydrogen (secondary N) is 1. The summed E-state index contributed by atoms with van der Waals surface area (Å²) >= 11 is 7.66. The first-order valence-corrected chi connectivity index (χ1v) is 19.7. The summed E-state index contributed by atoms with van der Waals surface area (Å²) in [5, 5.41) is 2.44. The number of pyridine rings is 2. The van der Waals surface area contributed by atoms with Gasteiger partial charge in [0.05, 0.1) is 45.7 Å². The standard InChI is InChI=1S/C36H34ClF2N7O4S2/c1-21-42-30-19-41-31(44(2)24-9-13-45(14-10-24)25-17-36(38,39)18-25)16-28(30)35(48)46(21)12-4-5-22-6-7-23(37)15-27(22)26-8-11-40-32-29(20-51-33(26)32)34(47)43-52(3,49)50/h6-8,11,15-16,19-20,24-25H,9-10,12-14,17-18H2,1-3H3,(H,43,47). The Morgan fingerprint density at radius 2 is 1.90 bits per heavy atom. The number of alkyl halides is 2. The van der Waals surface area contributed by atoms with Crippen LogP contribution in [0.5, 0.6) is 0 Å². The van der Waals surface area contributed by atoms with Crippen LogP contribution in [0.15, 0.2) is 52.9 Å². The fourth-order valence-electron chi connectivity index (χ4n) is 6.91. The average Bonchev–Trinajstić information content (AvgIpc) is 3.53. The Morgan fingerprint density at radius 1 is 1.15 bits per heavy atom. The lowest BCUT2D eigenvalue weighted by Gasteiger charge is -2.46. The van der Waals surface area contributed by atoms with Gasteiger partial charge in [0.15, 0.2) is 0 Å². The number of halogens is 3. The number of carbonyl (C=O) groups is 1. The Kier molecular flexibility index (Phi) is 9.53. The number of benzene rings is 1. The summed E-state index contributed by atoms with van der Waals surface area (Å²) in [5.41, 5.74) is 2.72. The van der Waals surface area contributed by atoms with Gasteiger partial charge in [0.2, 0.25) is 10.0 Å². The molecule has 1 aromatic carbocycles. The van der Waals surface area contributed by atoms with Gasteiger partial charge in [-0.25, -0.2) is 31.9 Å². The molecular weight excluding hydrogens is 732 g/mol. The third-order valence-corrected chi connectivity index (χ3v) is 11.5. The highest BCUT2D eigenvalue weighted by Gasteiger charge is 2.48. The largest absolute Gasteiger partial charge is 0.357 e. The molecule has 0 atom stereocenters. The number of thiophene rings is 1. The van der Waals surface area contributed by atoms with Gasteiger partial charge < -0.3 is 4.90 Å². The molecule has 1 amide bonds. The predicted octanol–water partition coefficient (Wildman–Crippen LogP) is 5.47. The van der Waals surface area contributed by atoms with E-state index in [0.717, 1.165) is 32.2 Å². The number of hydrogen-bond donors (Lipinski definition) is 1. The maximum atomic E-state index is 13.8. The molecule has 1 saturated heterocycles. The van der Waals surface area contributed by atoms with Gasteiger partial charge in [-0.2, -0.15) is 0 Å². The lowest BCUT2D eigenvalue weighted by atomic mass is 9.85. The monoisotopic (exact) mass is 765 g/mol. The van der Waals surface area contributed by atoms with E-state index < -0.39 is 21.9 Å². The van der Waals surface area contributed by atoms with Gasteiger partial charge in [-0.15, -0.1) is 11.3 Å². The van der Waals surface area contributed by atoms with Crippen molar-refractivity contribution in [2.75, 3.05) is 31.3 Å². The Morgan fingerprint density at radius 3 is 2.62 bits per heavy atom. The summed E-state index contributed by atoms with van der Waals surface area (Å²) in [6.45, 7) is 3.29. The normalized spacial score (nSPS) is 16.7. The molecule has 16 heteroatoms. The van der Waals surface area contributed by atoms with Crippen LogP contribution in [0.1, 0.15) is 47.4 Å². The molecule has 2 aliphatic rings. The third kappa shape index (κ3) is 7.25. The smallest absolute Gasteiger partial charge is 0.267 e. The fraction of sp³-hybridized carbons (Fsp3) is 0.361. The predicted molar refractivity (Wildman–Crippen MR) is 199 cm³/mol. The molecule has 270 valence electrons. The third-order valence-electron chi connectivity index (χ3n) is 9.72. The van der Waals surface area contributed by atoms with E-state index >= 15 is 0 Å². The molecule has 11 nitrogen and oxygen atoms in total. The lowest BCUT2D eigenvalue weighted by Crippen LogP contribution is -2.55. The first kappa shape index (κ1) is 35.9. The number of anilines is 1. The van der Waals surface area contributed by atoms with Crippen molar-refractivity contribution in [2.24, 2.45) is 0 Å². The SMILES string of the molecule is Cc1nc2cnc(N(C)C3CCN(C4CC(F)(F)C4)CC3)cc2c(=O)n1CC#Cc1ccc(Cl)cc1-c1ccnc2c(C(=O)NS(C)(=O)=O)csc12. The van der Waals surface area contributed by atoms with Crippen molar-refractivity contribution >= 4 is 65.8 Å². The molecule has 0 bridgehead atoms. The molecule has 2 fully saturated rings. The van der Waals surface area contributed by atoms with Gasteiger partial charge in [0, 0.05) is 78.4 Å². The van der Waals surface area contributed by atoms with Crippen LogP contribution in [-0.4, -0.2) is 83.1 Å². The van der Waals surface area contributed by atoms with E-state index in [4.69, 9.17) is 11.6 Å². The van der Waals surface area contributed by atoms with E-state index in [9.17, 15) is 26.8 Å². The molecule has 0 unspecified atom stereocenters. The van der Waals surface area contributed by atoms with Gasteiger partial charge in [-0.3, -0.25) is 24.0 Å². The van der Waals surface area contributed by atoms with Crippen molar-refractivity contribution in [1.82, 2.24) is 29.1 Å². The van der Waals surface area contributed by atoms with Gasteiger partial charge in [0.1, 0.15) is 11.6 Å². The number of sulfonamides is 1. The molecule has 4 aromatic heterocycles. The zero-order valence-corrected chi connectivity index (χ0v) is 30.9. The number of rotatable bonds is 7. The summed E-state index contributed by atoms with van der Waals surface area (Å²) in [6, 6.07) is 8.88. The number of amides is 1. The lowest BCUT2D eigenvalue weighted by molar-refractivity contribution is -0.127. The molecule has 1 aliphatic carbocycles. The minimum atomic E-state index is -3.77. The summed E-state index contributed by atoms with van der Waals surface area (Å²) < 4.78 is 54.3. The van der Waals surface area contributed by atoms with Crippen molar-refractivity contribution in [3.05, 3.63) is 80.4 Å². The second kappa shape index (κ2) is 13.8. The quantitative estimate of drug-likeness (QED) is 0.215. The van der Waals surface area contributed by atoms with Gasteiger partial charge in [-0.05, 0) is 50.1 Å². The molecule has 5 aromatic rings. The maximum absolute atomic E-state index is 13.8. The van der Waals surface area contributed by atoms with Crippen LogP contribution in [-0.2, 0) is 16.6 Å². The highest BCUT2D eigenvalue weighted by atomic mass is 35.5. The van der Waals surface area contributed by atoms with E-state index in [1.165, 1.54) is 22.1 Å². The fourth-order valence-corrected chi connectivity index (χ4v) is 8.56. The Labute approximate surface area is 307 Å². The Balaban J connectivity index is 1.13. The van der Waals surface area contributed by atoms with Gasteiger partial charge >= 0.3 is 0 Å². The van der Waals surface area contributed by atoms with E-state index in [2.05, 4.69) is 36.6 Å². The summed E-state index contributed by atoms with van der Waals surface area (Å²) in [7, 11) is -1.83. The number of carbonyl (C=O) groups excluding carboxylic acids is 1. The molecule has 1 aliphatic heterocycles. The van der Waals surface area contributed by atoms with Gasteiger partial charge in [-0.1, -0.05) is 23.4 Å². The number of fused-ring (bicyclic) bond motifs is 2. The summed E-state index contributed by atoms with van der Waals surface area (Å²) in [4.78, 5) is 44.3. The van der Waals surface area contributed by atoms with Crippen LogP contribution in [0.3, 0.4) is 0 Å². The van der Waals surface area contributed by atoms with Crippen molar-refractivity contribution in [1.29, 1.82) is 0 Å². The number of hydrogen-bond acceptors (Lipinski definition) is 10. The van der Waals surface area contributed by atoms with Gasteiger partial charge in [0.25, 0.3) is 17.4 Å². The summed E-state index contributed by atoms with van der Waals surface area (Å²) in [6.07, 6.45) is 5.54. The zero-order chi connectivity index (χ0) is 36.9. The second-order valence-corrected chi connectivity index (χ2v) is 16.4. The molecule has 1 saturated carbocycles. The maximum Gasteiger partial charge on any atom is 0.267 e. The molecule has 0 radical (unpaired) electrons. The van der Waals surface area contributed by atoms with Crippen LogP contribution in [0.25, 0.3) is 32.2 Å². The van der Waals surface area contributed by atoms with Crippen LogP contribution in [0, 0.1) is 18.8 Å². The molecule has 7 rings (SSSR count). The minimum Gasteiger partial charge on any atom is -0.357 e. The first-order chi connectivity index (χ1) is 24.7. The Hall–Kier alpha value is -4.49.